The zero-order valence-corrected chi connectivity index (χ0v) is 10.5. The first-order chi connectivity index (χ1) is 9.15. The fourth-order valence-corrected chi connectivity index (χ4v) is 2.22. The molecule has 0 aromatic carbocycles. The summed E-state index contributed by atoms with van der Waals surface area (Å²) in [7, 11) is 1.86. The lowest BCUT2D eigenvalue weighted by molar-refractivity contribution is -0.139. The molecule has 1 fully saturated rings. The Morgan fingerprint density at radius 1 is 1.47 bits per heavy atom. The number of hydrogen-bond acceptors (Lipinski definition) is 4. The molecule has 2 aromatic heterocycles. The van der Waals surface area contributed by atoms with E-state index >= 15 is 0 Å². The van der Waals surface area contributed by atoms with Crippen molar-refractivity contribution in [2.45, 2.75) is 12.5 Å². The molecule has 3 heterocycles. The number of rotatable bonds is 2. The molecular weight excluding hydrogens is 242 g/mol. The molecule has 1 atom stereocenters. The van der Waals surface area contributed by atoms with Crippen LogP contribution < -0.4 is 0 Å². The molecule has 1 saturated heterocycles. The predicted octanol–water partition coefficient (Wildman–Crippen LogP) is 2.03. The van der Waals surface area contributed by atoms with Gasteiger partial charge in [0.1, 0.15) is 6.10 Å². The summed E-state index contributed by atoms with van der Waals surface area (Å²) in [5, 5.41) is 4.16. The lowest BCUT2D eigenvalue weighted by atomic mass is 9.98. The summed E-state index contributed by atoms with van der Waals surface area (Å²) in [6.07, 6.45) is 7.37. The molecule has 19 heavy (non-hydrogen) atoms. The molecule has 1 aliphatic heterocycles. The number of ether oxygens (including phenoxy) is 1. The third-order valence-electron chi connectivity index (χ3n) is 3.18. The largest absolute Gasteiger partial charge is 0.454 e. The van der Waals surface area contributed by atoms with Crippen LogP contribution in [0.15, 0.2) is 43.0 Å². The van der Waals surface area contributed by atoms with Crippen molar-refractivity contribution in [3.8, 4) is 11.1 Å². The first-order valence-electron chi connectivity index (χ1n) is 5.97. The molecule has 0 amide bonds. The van der Waals surface area contributed by atoms with Gasteiger partial charge in [-0.3, -0.25) is 9.67 Å². The average molecular weight is 255 g/mol. The monoisotopic (exact) mass is 255 g/mol. The second-order valence-corrected chi connectivity index (χ2v) is 4.57. The fourth-order valence-electron chi connectivity index (χ4n) is 2.22. The minimum absolute atomic E-state index is 0.302. The number of carbonyl (C=O) groups excluding carboxylic acids is 1. The summed E-state index contributed by atoms with van der Waals surface area (Å²) in [5.41, 5.74) is 3.36. The van der Waals surface area contributed by atoms with E-state index in [2.05, 4.69) is 16.7 Å². The van der Waals surface area contributed by atoms with Gasteiger partial charge in [0.15, 0.2) is 0 Å². The molecule has 96 valence electrons. The molecule has 3 rings (SSSR count). The van der Waals surface area contributed by atoms with Crippen LogP contribution in [0.25, 0.3) is 11.1 Å². The maximum Gasteiger partial charge on any atom is 0.334 e. The standard InChI is InChI=1S/C14H13N3O2/c1-9-5-13(19-14(9)18)12-7-15-4-3-11(12)10-6-16-17(2)8-10/h3-4,6-8,13H,1,5H2,2H3. The Bertz CT molecular complexity index is 644. The molecule has 0 radical (unpaired) electrons. The molecule has 0 saturated carbocycles. The normalized spacial score (nSPS) is 18.7. The molecule has 5 nitrogen and oxygen atoms in total. The molecule has 0 spiro atoms. The van der Waals surface area contributed by atoms with E-state index in [-0.39, 0.29) is 12.1 Å². The molecule has 0 aliphatic carbocycles. The van der Waals surface area contributed by atoms with Crippen LogP contribution in [-0.2, 0) is 16.6 Å². The average Bonchev–Trinajstić information content (AvgIpc) is 2.97. The number of pyridine rings is 1. The maximum absolute atomic E-state index is 11.5. The SMILES string of the molecule is C=C1CC(c2cnccc2-c2cnn(C)c2)OC1=O. The highest BCUT2D eigenvalue weighted by Crippen LogP contribution is 2.36. The van der Waals surface area contributed by atoms with E-state index < -0.39 is 0 Å². The van der Waals surface area contributed by atoms with E-state index in [0.29, 0.717) is 12.0 Å². The Hall–Kier alpha value is -2.43. The third kappa shape index (κ3) is 2.03. The van der Waals surface area contributed by atoms with Crippen LogP contribution in [0.2, 0.25) is 0 Å². The quantitative estimate of drug-likeness (QED) is 0.608. The van der Waals surface area contributed by atoms with Crippen LogP contribution >= 0.6 is 0 Å². The zero-order valence-electron chi connectivity index (χ0n) is 10.5. The Morgan fingerprint density at radius 2 is 2.32 bits per heavy atom. The highest BCUT2D eigenvalue weighted by Gasteiger charge is 2.30. The highest BCUT2D eigenvalue weighted by atomic mass is 16.5. The summed E-state index contributed by atoms with van der Waals surface area (Å²) in [6, 6.07) is 1.90. The van der Waals surface area contributed by atoms with Gasteiger partial charge in [0, 0.05) is 48.8 Å². The molecule has 1 aliphatic rings. The Labute approximate surface area is 110 Å². The van der Waals surface area contributed by atoms with Gasteiger partial charge >= 0.3 is 5.97 Å². The lowest BCUT2D eigenvalue weighted by Gasteiger charge is -2.12. The van der Waals surface area contributed by atoms with Gasteiger partial charge in [0.05, 0.1) is 6.20 Å². The Morgan fingerprint density at radius 3 is 2.95 bits per heavy atom. The van der Waals surface area contributed by atoms with Crippen molar-refractivity contribution >= 4 is 5.97 Å². The zero-order chi connectivity index (χ0) is 13.4. The fraction of sp³-hybridized carbons (Fsp3) is 0.214. The van der Waals surface area contributed by atoms with Crippen LogP contribution in [0.4, 0.5) is 0 Å². The molecule has 1 unspecified atom stereocenters. The molecule has 0 bridgehead atoms. The highest BCUT2D eigenvalue weighted by molar-refractivity contribution is 5.90. The van der Waals surface area contributed by atoms with Crippen LogP contribution in [0.5, 0.6) is 0 Å². The predicted molar refractivity (Wildman–Crippen MR) is 69.0 cm³/mol. The van der Waals surface area contributed by atoms with Crippen molar-refractivity contribution in [1.29, 1.82) is 0 Å². The minimum Gasteiger partial charge on any atom is -0.454 e. The number of nitrogens with zero attached hydrogens (tertiary/aromatic N) is 3. The van der Waals surface area contributed by atoms with E-state index in [4.69, 9.17) is 4.74 Å². The van der Waals surface area contributed by atoms with Crippen LogP contribution in [-0.4, -0.2) is 20.7 Å². The van der Waals surface area contributed by atoms with E-state index in [9.17, 15) is 4.79 Å². The topological polar surface area (TPSA) is 57.0 Å². The van der Waals surface area contributed by atoms with Gasteiger partial charge < -0.3 is 4.74 Å². The summed E-state index contributed by atoms with van der Waals surface area (Å²) in [6.45, 7) is 3.71. The van der Waals surface area contributed by atoms with E-state index in [1.807, 2.05) is 19.3 Å². The van der Waals surface area contributed by atoms with E-state index in [1.54, 1.807) is 23.3 Å². The number of aromatic nitrogens is 3. The summed E-state index contributed by atoms with van der Waals surface area (Å²) < 4.78 is 7.06. The van der Waals surface area contributed by atoms with Gasteiger partial charge in [0.25, 0.3) is 0 Å². The summed E-state index contributed by atoms with van der Waals surface area (Å²) >= 11 is 0. The minimum atomic E-state index is -0.328. The van der Waals surface area contributed by atoms with Crippen LogP contribution in [0.1, 0.15) is 18.1 Å². The van der Waals surface area contributed by atoms with Gasteiger partial charge in [-0.2, -0.15) is 5.10 Å². The van der Waals surface area contributed by atoms with Gasteiger partial charge in [-0.1, -0.05) is 6.58 Å². The van der Waals surface area contributed by atoms with Crippen LogP contribution in [0.3, 0.4) is 0 Å². The van der Waals surface area contributed by atoms with Gasteiger partial charge in [-0.25, -0.2) is 4.79 Å². The van der Waals surface area contributed by atoms with Crippen molar-refractivity contribution in [3.05, 3.63) is 48.6 Å². The lowest BCUT2D eigenvalue weighted by Crippen LogP contribution is -2.01. The van der Waals surface area contributed by atoms with Crippen molar-refractivity contribution in [3.63, 3.8) is 0 Å². The van der Waals surface area contributed by atoms with Crippen molar-refractivity contribution in [2.24, 2.45) is 7.05 Å². The first-order valence-corrected chi connectivity index (χ1v) is 5.97. The second kappa shape index (κ2) is 4.35. The van der Waals surface area contributed by atoms with E-state index in [1.165, 1.54) is 0 Å². The summed E-state index contributed by atoms with van der Waals surface area (Å²) in [5.74, 6) is -0.328. The number of esters is 1. The summed E-state index contributed by atoms with van der Waals surface area (Å²) in [4.78, 5) is 15.6. The number of cyclic esters (lactones) is 1. The number of aryl methyl sites for hydroxylation is 1. The molecular formula is C14H13N3O2. The van der Waals surface area contributed by atoms with Crippen molar-refractivity contribution in [2.75, 3.05) is 0 Å². The van der Waals surface area contributed by atoms with Crippen molar-refractivity contribution < 1.29 is 9.53 Å². The molecule has 0 N–H and O–H groups in total. The molecule has 2 aromatic rings. The number of hydrogen-bond donors (Lipinski definition) is 0. The Balaban J connectivity index is 2.03. The smallest absolute Gasteiger partial charge is 0.334 e. The van der Waals surface area contributed by atoms with Gasteiger partial charge in [-0.15, -0.1) is 0 Å². The van der Waals surface area contributed by atoms with Crippen molar-refractivity contribution in [1.82, 2.24) is 14.8 Å². The Kier molecular flexibility index (Phi) is 2.67. The molecule has 5 heteroatoms. The maximum atomic E-state index is 11.5. The first kappa shape index (κ1) is 11.6. The van der Waals surface area contributed by atoms with Gasteiger partial charge in [-0.05, 0) is 11.6 Å². The van der Waals surface area contributed by atoms with Crippen LogP contribution in [0, 0.1) is 0 Å². The third-order valence-corrected chi connectivity index (χ3v) is 3.18. The second-order valence-electron chi connectivity index (χ2n) is 4.57. The van der Waals surface area contributed by atoms with E-state index in [0.717, 1.165) is 16.7 Å². The van der Waals surface area contributed by atoms with Gasteiger partial charge in [0.2, 0.25) is 0 Å². The number of carbonyl (C=O) groups is 1.